The van der Waals surface area contributed by atoms with Crippen molar-refractivity contribution in [2.45, 2.75) is 52.4 Å². The van der Waals surface area contributed by atoms with Crippen molar-refractivity contribution in [3.8, 4) is 5.75 Å². The minimum Gasteiger partial charge on any atom is -0.494 e. The molecule has 0 radical (unpaired) electrons. The molecule has 1 aromatic rings. The molecular formula is C21H29NO4S. The maximum Gasteiger partial charge on any atom is 0.268 e. The van der Waals surface area contributed by atoms with Crippen LogP contribution in [0.5, 0.6) is 5.75 Å². The van der Waals surface area contributed by atoms with E-state index in [1.807, 2.05) is 52.0 Å². The summed E-state index contributed by atoms with van der Waals surface area (Å²) in [6.07, 6.45) is 0.994. The average Bonchev–Trinajstić information content (AvgIpc) is 2.84. The van der Waals surface area contributed by atoms with E-state index in [2.05, 4.69) is 6.92 Å². The number of thioether (sulfide) groups is 1. The fourth-order valence-electron chi connectivity index (χ4n) is 2.67. The van der Waals surface area contributed by atoms with Crippen LogP contribution in [0.2, 0.25) is 0 Å². The maximum absolute atomic E-state index is 13.0. The lowest BCUT2D eigenvalue weighted by atomic mass is 10.1. The second kappa shape index (κ2) is 9.95. The van der Waals surface area contributed by atoms with Crippen LogP contribution in [0.15, 0.2) is 29.2 Å². The van der Waals surface area contributed by atoms with Crippen LogP contribution in [0.4, 0.5) is 0 Å². The molecule has 0 fully saturated rings. The molecule has 148 valence electrons. The van der Waals surface area contributed by atoms with E-state index in [1.54, 1.807) is 0 Å². The van der Waals surface area contributed by atoms with Gasteiger partial charge in [-0.25, -0.2) is 0 Å². The molecule has 6 heteroatoms. The third-order valence-corrected chi connectivity index (χ3v) is 4.95. The molecule has 1 heterocycles. The van der Waals surface area contributed by atoms with Gasteiger partial charge >= 0.3 is 0 Å². The number of benzene rings is 1. The molecule has 0 saturated heterocycles. The summed E-state index contributed by atoms with van der Waals surface area (Å²) < 4.78 is 11.1. The van der Waals surface area contributed by atoms with Crippen LogP contribution in [0.25, 0.3) is 5.57 Å². The Morgan fingerprint density at radius 1 is 1.00 bits per heavy atom. The molecule has 1 aliphatic rings. The summed E-state index contributed by atoms with van der Waals surface area (Å²) in [7, 11) is 0. The average molecular weight is 392 g/mol. The summed E-state index contributed by atoms with van der Waals surface area (Å²) in [5.74, 6) is 0.281. The number of ether oxygens (including phenoxy) is 2. The Labute approximate surface area is 166 Å². The molecule has 1 aromatic carbocycles. The minimum absolute atomic E-state index is 0.0606. The van der Waals surface area contributed by atoms with E-state index in [9.17, 15) is 9.59 Å². The fraction of sp³-hybridized carbons (Fsp3) is 0.524. The largest absolute Gasteiger partial charge is 0.494 e. The van der Waals surface area contributed by atoms with Gasteiger partial charge in [0, 0.05) is 5.25 Å². The lowest BCUT2D eigenvalue weighted by molar-refractivity contribution is -0.137. The van der Waals surface area contributed by atoms with Gasteiger partial charge in [-0.2, -0.15) is 0 Å². The topological polar surface area (TPSA) is 55.8 Å². The van der Waals surface area contributed by atoms with Crippen molar-refractivity contribution >= 4 is 29.1 Å². The molecule has 0 spiro atoms. The van der Waals surface area contributed by atoms with Crippen LogP contribution in [-0.4, -0.2) is 47.8 Å². The molecule has 0 atom stereocenters. The molecule has 0 unspecified atom stereocenters. The summed E-state index contributed by atoms with van der Waals surface area (Å²) >= 11 is 1.43. The van der Waals surface area contributed by atoms with E-state index < -0.39 is 0 Å². The van der Waals surface area contributed by atoms with Crippen molar-refractivity contribution in [2.75, 3.05) is 19.8 Å². The maximum atomic E-state index is 13.0. The highest BCUT2D eigenvalue weighted by atomic mass is 32.2. The van der Waals surface area contributed by atoms with Gasteiger partial charge in [0.05, 0.1) is 36.3 Å². The first-order valence-electron chi connectivity index (χ1n) is 9.47. The van der Waals surface area contributed by atoms with Gasteiger partial charge in [0.1, 0.15) is 5.75 Å². The van der Waals surface area contributed by atoms with Crippen LogP contribution in [-0.2, 0) is 14.3 Å². The zero-order chi connectivity index (χ0) is 20.0. The van der Waals surface area contributed by atoms with Crippen molar-refractivity contribution in [3.05, 3.63) is 34.7 Å². The summed E-state index contributed by atoms with van der Waals surface area (Å²) in [6, 6.07) is 7.39. The van der Waals surface area contributed by atoms with E-state index >= 15 is 0 Å². The first-order valence-corrected chi connectivity index (χ1v) is 10.3. The molecule has 0 N–H and O–H groups in total. The predicted molar refractivity (Wildman–Crippen MR) is 110 cm³/mol. The summed E-state index contributed by atoms with van der Waals surface area (Å²) in [5, 5.41) is 0.200. The van der Waals surface area contributed by atoms with E-state index in [-0.39, 0.29) is 29.7 Å². The molecule has 2 amide bonds. The van der Waals surface area contributed by atoms with E-state index in [1.165, 1.54) is 16.7 Å². The zero-order valence-electron chi connectivity index (χ0n) is 16.8. The first kappa shape index (κ1) is 21.5. The van der Waals surface area contributed by atoms with Crippen LogP contribution in [0.1, 0.15) is 46.6 Å². The Hall–Kier alpha value is -1.79. The van der Waals surface area contributed by atoms with E-state index in [4.69, 9.17) is 9.47 Å². The number of nitrogens with zero attached hydrogens (tertiary/aromatic N) is 1. The minimum atomic E-state index is -0.252. The van der Waals surface area contributed by atoms with Crippen molar-refractivity contribution in [3.63, 3.8) is 0 Å². The van der Waals surface area contributed by atoms with Gasteiger partial charge in [-0.3, -0.25) is 14.5 Å². The van der Waals surface area contributed by atoms with Gasteiger partial charge in [-0.15, -0.1) is 11.8 Å². The summed E-state index contributed by atoms with van der Waals surface area (Å²) in [6.45, 7) is 11.2. The molecule has 0 saturated carbocycles. The van der Waals surface area contributed by atoms with Crippen molar-refractivity contribution in [1.82, 2.24) is 4.90 Å². The molecule has 2 rings (SSSR count). The smallest absolute Gasteiger partial charge is 0.268 e. The Morgan fingerprint density at radius 2 is 1.67 bits per heavy atom. The molecule has 1 aliphatic heterocycles. The van der Waals surface area contributed by atoms with Gasteiger partial charge in [-0.05, 0) is 38.0 Å². The Kier molecular flexibility index (Phi) is 7.92. The monoisotopic (exact) mass is 391 g/mol. The third kappa shape index (κ3) is 5.59. The number of amides is 2. The summed E-state index contributed by atoms with van der Waals surface area (Å²) in [4.78, 5) is 27.7. The highest BCUT2D eigenvalue weighted by Crippen LogP contribution is 2.38. The fourth-order valence-corrected chi connectivity index (χ4v) is 3.68. The Morgan fingerprint density at radius 3 is 2.22 bits per heavy atom. The molecule has 27 heavy (non-hydrogen) atoms. The SMILES string of the molecule is CCCOc1ccc(C2=C(SC(C)C)C(=O)N(CCOC(C)C)C2=O)cc1. The second-order valence-electron chi connectivity index (χ2n) is 6.93. The highest BCUT2D eigenvalue weighted by Gasteiger charge is 2.39. The quantitative estimate of drug-likeness (QED) is 0.562. The molecule has 0 aromatic heterocycles. The number of hydrogen-bond acceptors (Lipinski definition) is 5. The van der Waals surface area contributed by atoms with Crippen molar-refractivity contribution in [1.29, 1.82) is 0 Å². The zero-order valence-corrected chi connectivity index (χ0v) is 17.6. The predicted octanol–water partition coefficient (Wildman–Crippen LogP) is 4.12. The highest BCUT2D eigenvalue weighted by molar-refractivity contribution is 8.04. The van der Waals surface area contributed by atoms with Crippen molar-refractivity contribution < 1.29 is 19.1 Å². The standard InChI is InChI=1S/C21H29NO4S/c1-6-12-26-17-9-7-16(8-10-17)18-19(27-15(4)5)21(24)22(20(18)23)11-13-25-14(2)3/h7-10,14-15H,6,11-13H2,1-5H3. The molecule has 0 aliphatic carbocycles. The Balaban J connectivity index is 2.26. The number of imide groups is 1. The number of hydrogen-bond donors (Lipinski definition) is 0. The van der Waals surface area contributed by atoms with Gasteiger partial charge in [0.2, 0.25) is 0 Å². The normalized spacial score (nSPS) is 14.9. The van der Waals surface area contributed by atoms with Crippen LogP contribution in [0, 0.1) is 0 Å². The van der Waals surface area contributed by atoms with Gasteiger partial charge in [0.15, 0.2) is 0 Å². The van der Waals surface area contributed by atoms with Crippen LogP contribution >= 0.6 is 11.8 Å². The number of carbonyl (C=O) groups excluding carboxylic acids is 2. The Bertz CT molecular complexity index is 695. The van der Waals surface area contributed by atoms with E-state index in [0.29, 0.717) is 23.7 Å². The number of carbonyl (C=O) groups is 2. The molecule has 5 nitrogen and oxygen atoms in total. The first-order chi connectivity index (χ1) is 12.8. The lowest BCUT2D eigenvalue weighted by Gasteiger charge is -2.16. The lowest BCUT2D eigenvalue weighted by Crippen LogP contribution is -2.35. The second-order valence-corrected chi connectivity index (χ2v) is 8.51. The van der Waals surface area contributed by atoms with Crippen molar-refractivity contribution in [2.24, 2.45) is 0 Å². The van der Waals surface area contributed by atoms with E-state index in [0.717, 1.165) is 17.7 Å². The summed E-state index contributed by atoms with van der Waals surface area (Å²) in [5.41, 5.74) is 1.22. The van der Waals surface area contributed by atoms with Crippen LogP contribution in [0.3, 0.4) is 0 Å². The van der Waals surface area contributed by atoms with Crippen LogP contribution < -0.4 is 4.74 Å². The third-order valence-electron chi connectivity index (χ3n) is 3.86. The molecule has 0 bridgehead atoms. The number of rotatable bonds is 10. The molecular weight excluding hydrogens is 362 g/mol. The van der Waals surface area contributed by atoms with Gasteiger partial charge in [0.25, 0.3) is 11.8 Å². The van der Waals surface area contributed by atoms with Gasteiger partial charge in [-0.1, -0.05) is 32.9 Å². The van der Waals surface area contributed by atoms with Gasteiger partial charge < -0.3 is 9.47 Å².